The van der Waals surface area contributed by atoms with Gasteiger partial charge in [0.1, 0.15) is 15.0 Å². The molecule has 6 nitrogen and oxygen atoms in total. The van der Waals surface area contributed by atoms with Crippen LogP contribution in [0.3, 0.4) is 0 Å². The van der Waals surface area contributed by atoms with Crippen LogP contribution in [-0.4, -0.2) is 38.6 Å². The zero-order valence-electron chi connectivity index (χ0n) is 11.0. The Morgan fingerprint density at radius 3 is 2.73 bits per heavy atom. The molecular weight excluding hydrogens is 374 g/mol. The first kappa shape index (κ1) is 17.3. The van der Waals surface area contributed by atoms with E-state index in [4.69, 9.17) is 46.4 Å². The number of hydrogen-bond acceptors (Lipinski definition) is 5. The minimum atomic E-state index is -1.19. The van der Waals surface area contributed by atoms with Crippen LogP contribution in [0.15, 0.2) is 34.1 Å². The van der Waals surface area contributed by atoms with Crippen molar-refractivity contribution in [1.29, 1.82) is 0 Å². The van der Waals surface area contributed by atoms with Crippen molar-refractivity contribution in [2.24, 2.45) is 4.99 Å². The first-order chi connectivity index (χ1) is 10.4. The molecule has 0 bridgehead atoms. The summed E-state index contributed by atoms with van der Waals surface area (Å²) >= 11 is 22.9. The van der Waals surface area contributed by atoms with Gasteiger partial charge in [-0.05, 0) is 11.6 Å². The molecule has 0 saturated carbocycles. The predicted octanol–water partition coefficient (Wildman–Crippen LogP) is 3.48. The second kappa shape index (κ2) is 7.46. The average Bonchev–Trinajstić information content (AvgIpc) is 2.89. The molecule has 0 spiro atoms. The summed E-state index contributed by atoms with van der Waals surface area (Å²) in [6.07, 6.45) is 1.60. The molecule has 1 aliphatic rings. The second-order valence-electron chi connectivity index (χ2n) is 4.37. The normalized spacial score (nSPS) is 15.9. The standard InChI is InChI=1S/C12H10Cl4N4O2/c13-8-2-1-7(5-18-8)6-19-4-3-17-12(19)10(20(21)22)9(14)11(15)16/h1-2,5,11H,3-4,6H2. The van der Waals surface area contributed by atoms with E-state index in [1.807, 2.05) is 0 Å². The van der Waals surface area contributed by atoms with Crippen LogP contribution >= 0.6 is 46.4 Å². The lowest BCUT2D eigenvalue weighted by Gasteiger charge is -2.19. The first-order valence-electron chi connectivity index (χ1n) is 6.12. The van der Waals surface area contributed by atoms with Crippen molar-refractivity contribution in [1.82, 2.24) is 9.88 Å². The maximum atomic E-state index is 11.3. The summed E-state index contributed by atoms with van der Waals surface area (Å²) in [5, 5.41) is 11.4. The molecule has 0 saturated heterocycles. The van der Waals surface area contributed by atoms with Gasteiger partial charge in [0, 0.05) is 19.3 Å². The first-order valence-corrected chi connectivity index (χ1v) is 7.75. The number of nitro groups is 1. The fourth-order valence-corrected chi connectivity index (χ4v) is 2.43. The molecular formula is C12H10Cl4N4O2. The van der Waals surface area contributed by atoms with E-state index >= 15 is 0 Å². The minimum absolute atomic E-state index is 0.163. The Morgan fingerprint density at radius 1 is 1.45 bits per heavy atom. The van der Waals surface area contributed by atoms with Crippen molar-refractivity contribution < 1.29 is 4.92 Å². The van der Waals surface area contributed by atoms with Crippen molar-refractivity contribution in [3.05, 3.63) is 49.9 Å². The zero-order chi connectivity index (χ0) is 16.3. The van der Waals surface area contributed by atoms with Crippen LogP contribution in [0.5, 0.6) is 0 Å². The summed E-state index contributed by atoms with van der Waals surface area (Å²) < 4.78 is 0. The largest absolute Gasteiger partial charge is 0.345 e. The maximum Gasteiger partial charge on any atom is 0.328 e. The summed E-state index contributed by atoms with van der Waals surface area (Å²) in [7, 11) is 0. The van der Waals surface area contributed by atoms with E-state index in [0.717, 1.165) is 5.56 Å². The van der Waals surface area contributed by atoms with Gasteiger partial charge in [-0.2, -0.15) is 0 Å². The van der Waals surface area contributed by atoms with Gasteiger partial charge in [0.25, 0.3) is 0 Å². The molecule has 0 N–H and O–H groups in total. The van der Waals surface area contributed by atoms with E-state index in [1.54, 1.807) is 23.2 Å². The highest BCUT2D eigenvalue weighted by Gasteiger charge is 2.33. The van der Waals surface area contributed by atoms with Crippen LogP contribution in [0.2, 0.25) is 5.15 Å². The number of aromatic nitrogens is 1. The van der Waals surface area contributed by atoms with Crippen molar-refractivity contribution >= 4 is 52.2 Å². The molecule has 1 aromatic heterocycles. The highest BCUT2D eigenvalue weighted by Crippen LogP contribution is 2.26. The Hall–Kier alpha value is -1.08. The number of rotatable bonds is 5. The highest BCUT2D eigenvalue weighted by atomic mass is 35.5. The molecule has 2 rings (SSSR count). The molecule has 1 aromatic rings. The smallest absolute Gasteiger partial charge is 0.328 e. The molecule has 0 unspecified atom stereocenters. The Kier molecular flexibility index (Phi) is 5.86. The monoisotopic (exact) mass is 382 g/mol. The molecule has 22 heavy (non-hydrogen) atoms. The van der Waals surface area contributed by atoms with E-state index in [0.29, 0.717) is 24.8 Å². The van der Waals surface area contributed by atoms with Crippen molar-refractivity contribution in [3.8, 4) is 0 Å². The zero-order valence-corrected chi connectivity index (χ0v) is 14.1. The Labute approximate surface area is 146 Å². The molecule has 0 radical (unpaired) electrons. The molecule has 0 fully saturated rings. The SMILES string of the molecule is O=[N+]([O-])C(C1=NCCN1Cc1ccc(Cl)nc1)=C(Cl)C(Cl)Cl. The topological polar surface area (TPSA) is 71.6 Å². The van der Waals surface area contributed by atoms with Crippen molar-refractivity contribution in [2.75, 3.05) is 13.1 Å². The summed E-state index contributed by atoms with van der Waals surface area (Å²) in [4.78, 5) is 19.3. The molecule has 0 aliphatic carbocycles. The van der Waals surface area contributed by atoms with Crippen molar-refractivity contribution in [3.63, 3.8) is 0 Å². The molecule has 1 aliphatic heterocycles. The Balaban J connectivity index is 2.27. The predicted molar refractivity (Wildman–Crippen MR) is 87.3 cm³/mol. The summed E-state index contributed by atoms with van der Waals surface area (Å²) in [6, 6.07) is 3.43. The third-order valence-corrected chi connectivity index (χ3v) is 4.19. The van der Waals surface area contributed by atoms with Gasteiger partial charge in [0.05, 0.1) is 11.5 Å². The van der Waals surface area contributed by atoms with Crippen LogP contribution in [0.1, 0.15) is 5.56 Å². The van der Waals surface area contributed by atoms with E-state index in [-0.39, 0.29) is 16.6 Å². The molecule has 0 aromatic carbocycles. The fraction of sp³-hybridized carbons (Fsp3) is 0.333. The fourth-order valence-electron chi connectivity index (χ4n) is 1.96. The van der Waals surface area contributed by atoms with Gasteiger partial charge < -0.3 is 4.90 Å². The Bertz CT molecular complexity index is 631. The number of halogens is 4. The van der Waals surface area contributed by atoms with E-state index < -0.39 is 9.76 Å². The van der Waals surface area contributed by atoms with Gasteiger partial charge in [-0.3, -0.25) is 15.1 Å². The number of nitrogens with zero attached hydrogens (tertiary/aromatic N) is 4. The van der Waals surface area contributed by atoms with Crippen LogP contribution in [0.4, 0.5) is 0 Å². The number of amidine groups is 1. The number of aliphatic imine (C=N–C) groups is 1. The van der Waals surface area contributed by atoms with Gasteiger partial charge in [0.15, 0.2) is 0 Å². The van der Waals surface area contributed by atoms with Gasteiger partial charge in [-0.25, -0.2) is 4.98 Å². The molecule has 118 valence electrons. The maximum absolute atomic E-state index is 11.3. The average molecular weight is 384 g/mol. The lowest BCUT2D eigenvalue weighted by atomic mass is 10.2. The van der Waals surface area contributed by atoms with E-state index in [1.165, 1.54) is 0 Å². The van der Waals surface area contributed by atoms with Crippen molar-refractivity contribution in [2.45, 2.75) is 11.4 Å². The molecule has 2 heterocycles. The molecule has 0 amide bonds. The van der Waals surface area contributed by atoms with Crippen LogP contribution in [0, 0.1) is 10.1 Å². The molecule has 10 heteroatoms. The van der Waals surface area contributed by atoms with Crippen LogP contribution in [0.25, 0.3) is 0 Å². The lowest BCUT2D eigenvalue weighted by Crippen LogP contribution is -2.32. The number of alkyl halides is 2. The van der Waals surface area contributed by atoms with E-state index in [9.17, 15) is 10.1 Å². The summed E-state index contributed by atoms with van der Waals surface area (Å²) in [5.74, 6) is 0.163. The number of pyridine rings is 1. The van der Waals surface area contributed by atoms with Crippen LogP contribution in [-0.2, 0) is 6.54 Å². The lowest BCUT2D eigenvalue weighted by molar-refractivity contribution is -0.416. The van der Waals surface area contributed by atoms with Gasteiger partial charge in [-0.15, -0.1) is 0 Å². The second-order valence-corrected chi connectivity index (χ2v) is 6.26. The third-order valence-electron chi connectivity index (χ3n) is 2.91. The number of allylic oxidation sites excluding steroid dienone is 1. The van der Waals surface area contributed by atoms with Crippen LogP contribution < -0.4 is 0 Å². The molecule has 0 atom stereocenters. The number of hydrogen-bond donors (Lipinski definition) is 0. The third kappa shape index (κ3) is 4.01. The van der Waals surface area contributed by atoms with E-state index in [2.05, 4.69) is 9.98 Å². The van der Waals surface area contributed by atoms with Gasteiger partial charge in [0.2, 0.25) is 5.84 Å². The quantitative estimate of drug-likeness (QED) is 0.337. The highest BCUT2D eigenvalue weighted by molar-refractivity contribution is 6.52. The van der Waals surface area contributed by atoms with Gasteiger partial charge in [-0.1, -0.05) is 52.5 Å². The minimum Gasteiger partial charge on any atom is -0.345 e. The summed E-state index contributed by atoms with van der Waals surface area (Å²) in [5.41, 5.74) is 0.460. The van der Waals surface area contributed by atoms with Gasteiger partial charge >= 0.3 is 5.70 Å². The Morgan fingerprint density at radius 2 is 2.18 bits per heavy atom. The summed E-state index contributed by atoms with van der Waals surface area (Å²) in [6.45, 7) is 1.33.